The van der Waals surface area contributed by atoms with Gasteiger partial charge >= 0.3 is 0 Å². The van der Waals surface area contributed by atoms with E-state index in [2.05, 4.69) is 38.6 Å². The molecule has 0 aromatic heterocycles. The minimum absolute atomic E-state index is 0.176. The number of allylic oxidation sites excluding steroid dienone is 2. The molecule has 1 atom stereocenters. The van der Waals surface area contributed by atoms with E-state index in [4.69, 9.17) is 0 Å². The summed E-state index contributed by atoms with van der Waals surface area (Å²) in [6, 6.07) is 7.20. The Hall–Kier alpha value is -1.42. The topological polar surface area (TPSA) is 41.5 Å². The van der Waals surface area contributed by atoms with Crippen LogP contribution in [0.15, 0.2) is 46.0 Å². The highest BCUT2D eigenvalue weighted by Gasteiger charge is 2.07. The molecule has 0 bridgehead atoms. The third-order valence-corrected chi connectivity index (χ3v) is 3.40. The number of benzene rings is 1. The molecule has 1 aromatic rings. The maximum absolute atomic E-state index is 11.7. The van der Waals surface area contributed by atoms with Crippen LogP contribution >= 0.6 is 15.9 Å². The highest BCUT2D eigenvalue weighted by molar-refractivity contribution is 9.10. The number of hydrogen-bond acceptors (Lipinski definition) is 2. The van der Waals surface area contributed by atoms with Crippen LogP contribution in [0.25, 0.3) is 0 Å². The van der Waals surface area contributed by atoms with E-state index in [0.717, 1.165) is 23.7 Å². The lowest BCUT2D eigenvalue weighted by atomic mass is 9.96. The zero-order valence-electron chi connectivity index (χ0n) is 9.97. The van der Waals surface area contributed by atoms with Crippen molar-refractivity contribution in [2.45, 2.75) is 19.3 Å². The fourth-order valence-corrected chi connectivity index (χ4v) is 2.08. The lowest BCUT2D eigenvalue weighted by molar-refractivity contribution is 0.0955. The standard InChI is InChI=1S/C14H15BrN2O/c15-13-8-6-12(7-9-13)14(18)17-16-10-11-4-2-1-3-5-11/h1-2,6-11H,3-5H2,(H,17,18). The van der Waals surface area contributed by atoms with E-state index in [0.29, 0.717) is 11.5 Å². The molecule has 2 rings (SSSR count). The average molecular weight is 307 g/mol. The number of hydrazone groups is 1. The van der Waals surface area contributed by atoms with Gasteiger partial charge in [0.15, 0.2) is 0 Å². The van der Waals surface area contributed by atoms with Gasteiger partial charge in [-0.25, -0.2) is 5.43 Å². The summed E-state index contributed by atoms with van der Waals surface area (Å²) in [4.78, 5) is 11.7. The quantitative estimate of drug-likeness (QED) is 0.518. The molecule has 0 aliphatic heterocycles. The second-order valence-corrected chi connectivity index (χ2v) is 5.19. The van der Waals surface area contributed by atoms with Gasteiger partial charge in [-0.3, -0.25) is 4.79 Å². The number of nitrogens with zero attached hydrogens (tertiary/aromatic N) is 1. The summed E-state index contributed by atoms with van der Waals surface area (Å²) in [7, 11) is 0. The molecule has 1 aliphatic rings. The number of halogens is 1. The molecular weight excluding hydrogens is 292 g/mol. The number of nitrogens with one attached hydrogen (secondary N) is 1. The molecule has 1 aromatic carbocycles. The Morgan fingerprint density at radius 1 is 1.33 bits per heavy atom. The second-order valence-electron chi connectivity index (χ2n) is 4.27. The van der Waals surface area contributed by atoms with Crippen molar-refractivity contribution in [3.05, 3.63) is 46.5 Å². The van der Waals surface area contributed by atoms with E-state index < -0.39 is 0 Å². The summed E-state index contributed by atoms with van der Waals surface area (Å²) >= 11 is 3.33. The molecule has 0 fully saturated rings. The molecule has 18 heavy (non-hydrogen) atoms. The van der Waals surface area contributed by atoms with Gasteiger partial charge in [0.05, 0.1) is 0 Å². The Morgan fingerprint density at radius 2 is 2.11 bits per heavy atom. The number of amides is 1. The van der Waals surface area contributed by atoms with E-state index in [1.807, 2.05) is 18.3 Å². The summed E-state index contributed by atoms with van der Waals surface area (Å²) in [6.07, 6.45) is 9.39. The van der Waals surface area contributed by atoms with Crippen molar-refractivity contribution in [2.75, 3.05) is 0 Å². The predicted molar refractivity (Wildman–Crippen MR) is 76.6 cm³/mol. The number of carbonyl (C=O) groups excluding carboxylic acids is 1. The molecule has 1 N–H and O–H groups in total. The minimum atomic E-state index is -0.176. The summed E-state index contributed by atoms with van der Waals surface area (Å²) in [5.41, 5.74) is 3.17. The molecule has 0 saturated carbocycles. The zero-order valence-corrected chi connectivity index (χ0v) is 11.6. The van der Waals surface area contributed by atoms with Crippen LogP contribution in [0.2, 0.25) is 0 Å². The van der Waals surface area contributed by atoms with Crippen molar-refractivity contribution in [2.24, 2.45) is 11.0 Å². The predicted octanol–water partition coefficient (Wildman–Crippen LogP) is 3.52. The smallest absolute Gasteiger partial charge is 0.267 e. The molecule has 0 spiro atoms. The second kappa shape index (κ2) is 6.50. The van der Waals surface area contributed by atoms with Crippen LogP contribution in [-0.4, -0.2) is 12.1 Å². The molecule has 1 amide bonds. The highest BCUT2D eigenvalue weighted by Crippen LogP contribution is 2.15. The molecule has 0 saturated heterocycles. The van der Waals surface area contributed by atoms with Gasteiger partial charge in [0.1, 0.15) is 0 Å². The lowest BCUT2D eigenvalue weighted by Crippen LogP contribution is -2.18. The molecule has 0 heterocycles. The highest BCUT2D eigenvalue weighted by atomic mass is 79.9. The molecule has 3 nitrogen and oxygen atoms in total. The van der Waals surface area contributed by atoms with Gasteiger partial charge in [0.2, 0.25) is 0 Å². The summed E-state index contributed by atoms with van der Waals surface area (Å²) in [6.45, 7) is 0. The summed E-state index contributed by atoms with van der Waals surface area (Å²) in [5, 5.41) is 4.02. The number of rotatable bonds is 3. The van der Waals surface area contributed by atoms with Crippen molar-refractivity contribution in [3.63, 3.8) is 0 Å². The van der Waals surface area contributed by atoms with E-state index in [1.165, 1.54) is 0 Å². The maximum atomic E-state index is 11.7. The molecule has 4 heteroatoms. The summed E-state index contributed by atoms with van der Waals surface area (Å²) < 4.78 is 0.955. The van der Waals surface area contributed by atoms with Gasteiger partial charge in [-0.1, -0.05) is 28.1 Å². The Labute approximate surface area is 115 Å². The molecule has 1 aliphatic carbocycles. The van der Waals surface area contributed by atoms with Crippen molar-refractivity contribution < 1.29 is 4.79 Å². The van der Waals surface area contributed by atoms with Crippen molar-refractivity contribution in [1.82, 2.24) is 5.43 Å². The third kappa shape index (κ3) is 3.81. The first-order chi connectivity index (χ1) is 8.75. The first kappa shape index (κ1) is 13.0. The molecule has 94 valence electrons. The Balaban J connectivity index is 1.86. The zero-order chi connectivity index (χ0) is 12.8. The molecule has 0 radical (unpaired) electrons. The first-order valence-electron chi connectivity index (χ1n) is 6.00. The van der Waals surface area contributed by atoms with Crippen LogP contribution in [0.3, 0.4) is 0 Å². The van der Waals surface area contributed by atoms with Crippen molar-refractivity contribution in [1.29, 1.82) is 0 Å². The van der Waals surface area contributed by atoms with Crippen LogP contribution in [0.1, 0.15) is 29.6 Å². The normalized spacial score (nSPS) is 19.1. The molecular formula is C14H15BrN2O. The first-order valence-corrected chi connectivity index (χ1v) is 6.79. The molecule has 1 unspecified atom stereocenters. The Bertz CT molecular complexity index is 465. The van der Waals surface area contributed by atoms with Gasteiger partial charge in [-0.05, 0) is 49.4 Å². The van der Waals surface area contributed by atoms with Crippen molar-refractivity contribution >= 4 is 28.1 Å². The average Bonchev–Trinajstić information content (AvgIpc) is 2.40. The van der Waals surface area contributed by atoms with Crippen LogP contribution in [0.4, 0.5) is 0 Å². The van der Waals surface area contributed by atoms with Crippen LogP contribution in [0, 0.1) is 5.92 Å². The van der Waals surface area contributed by atoms with E-state index in [9.17, 15) is 4.79 Å². The van der Waals surface area contributed by atoms with Crippen LogP contribution < -0.4 is 5.43 Å². The number of hydrogen-bond donors (Lipinski definition) is 1. The van der Waals surface area contributed by atoms with Crippen LogP contribution in [0.5, 0.6) is 0 Å². The summed E-state index contributed by atoms with van der Waals surface area (Å²) in [5.74, 6) is 0.269. The van der Waals surface area contributed by atoms with Gasteiger partial charge in [0, 0.05) is 16.3 Å². The SMILES string of the molecule is O=C(NN=CC1CC=CCC1)c1ccc(Br)cc1. The number of carbonyl (C=O) groups is 1. The maximum Gasteiger partial charge on any atom is 0.271 e. The monoisotopic (exact) mass is 306 g/mol. The van der Waals surface area contributed by atoms with Crippen molar-refractivity contribution in [3.8, 4) is 0 Å². The van der Waals surface area contributed by atoms with Gasteiger partial charge in [-0.15, -0.1) is 0 Å². The van der Waals surface area contributed by atoms with Gasteiger partial charge in [-0.2, -0.15) is 5.10 Å². The largest absolute Gasteiger partial charge is 0.271 e. The van der Waals surface area contributed by atoms with E-state index in [-0.39, 0.29) is 5.91 Å². The van der Waals surface area contributed by atoms with Gasteiger partial charge < -0.3 is 0 Å². The van der Waals surface area contributed by atoms with Crippen LogP contribution in [-0.2, 0) is 0 Å². The lowest BCUT2D eigenvalue weighted by Gasteiger charge is -2.11. The Kier molecular flexibility index (Phi) is 4.70. The van der Waals surface area contributed by atoms with E-state index in [1.54, 1.807) is 12.1 Å². The third-order valence-electron chi connectivity index (χ3n) is 2.87. The fourth-order valence-electron chi connectivity index (χ4n) is 1.82. The fraction of sp³-hybridized carbons (Fsp3) is 0.286. The Morgan fingerprint density at radius 3 is 2.78 bits per heavy atom. The minimum Gasteiger partial charge on any atom is -0.267 e. The van der Waals surface area contributed by atoms with Gasteiger partial charge in [0.25, 0.3) is 5.91 Å². The van der Waals surface area contributed by atoms with E-state index >= 15 is 0 Å².